The number of nitrogens with zero attached hydrogens (tertiary/aromatic N) is 6. The summed E-state index contributed by atoms with van der Waals surface area (Å²) in [6.45, 7) is 13.4. The van der Waals surface area contributed by atoms with E-state index in [1.54, 1.807) is 16.8 Å². The third-order valence-electron chi connectivity index (χ3n) is 11.1. The first-order valence-corrected chi connectivity index (χ1v) is 20.2. The highest BCUT2D eigenvalue weighted by Gasteiger charge is 2.32. The predicted octanol–water partition coefficient (Wildman–Crippen LogP) is 10.9. The van der Waals surface area contributed by atoms with Crippen molar-refractivity contribution >= 4 is 22.7 Å². The van der Waals surface area contributed by atoms with Gasteiger partial charge in [-0.15, -0.1) is 5.10 Å². The van der Waals surface area contributed by atoms with E-state index in [0.717, 1.165) is 64.6 Å². The molecule has 300 valence electrons. The molecule has 11 heteroatoms. The van der Waals surface area contributed by atoms with Crippen molar-refractivity contribution in [3.05, 3.63) is 127 Å². The zero-order valence-corrected chi connectivity index (χ0v) is 34.1. The van der Waals surface area contributed by atoms with Crippen molar-refractivity contribution in [2.24, 2.45) is 17.0 Å². The number of aliphatic hydroxyl groups excluding tert-OH is 2. The Kier molecular flexibility index (Phi) is 14.6. The number of rotatable bonds is 13. The van der Waals surface area contributed by atoms with Crippen LogP contribution < -0.4 is 0 Å². The fourth-order valence-electron chi connectivity index (χ4n) is 8.32. The van der Waals surface area contributed by atoms with Gasteiger partial charge in [0.1, 0.15) is 23.0 Å². The van der Waals surface area contributed by atoms with Gasteiger partial charge in [0.25, 0.3) is 0 Å². The summed E-state index contributed by atoms with van der Waals surface area (Å²) in [6, 6.07) is 14.6. The van der Waals surface area contributed by atoms with Crippen LogP contribution in [0.3, 0.4) is 0 Å². The van der Waals surface area contributed by atoms with E-state index in [1.807, 2.05) is 6.20 Å². The number of aliphatic hydroxyl groups is 2. The summed E-state index contributed by atoms with van der Waals surface area (Å²) in [6.07, 6.45) is 8.24. The van der Waals surface area contributed by atoms with Crippen molar-refractivity contribution in [2.75, 3.05) is 6.54 Å². The highest BCUT2D eigenvalue weighted by atomic mass is 19.1. The number of halogens is 1. The highest BCUT2D eigenvalue weighted by Crippen LogP contribution is 2.39. The molecule has 0 saturated heterocycles. The molecular weight excluding hydrogens is 720 g/mol. The number of allylic oxidation sites excluding steroid dienone is 4. The average Bonchev–Trinajstić information content (AvgIpc) is 3.67. The Morgan fingerprint density at radius 1 is 0.754 bits per heavy atom. The number of aryl methyl sites for hydroxylation is 7. The maximum absolute atomic E-state index is 13.2. The minimum atomic E-state index is -0.289. The molecule has 4 aromatic rings. The van der Waals surface area contributed by atoms with E-state index in [2.05, 4.69) is 86.1 Å². The summed E-state index contributed by atoms with van der Waals surface area (Å²) in [7, 11) is 0. The van der Waals surface area contributed by atoms with Crippen LogP contribution in [0, 0.1) is 31.5 Å². The number of benzene rings is 3. The number of hydrogen-bond donors (Lipinski definition) is 2. The van der Waals surface area contributed by atoms with E-state index in [9.17, 15) is 24.2 Å². The maximum atomic E-state index is 13.2. The second kappa shape index (κ2) is 19.6. The van der Waals surface area contributed by atoms with Gasteiger partial charge in [0.15, 0.2) is 11.6 Å². The minimum Gasteiger partial charge on any atom is -0.512 e. The molecule has 10 nitrogen and oxygen atoms in total. The van der Waals surface area contributed by atoms with Gasteiger partial charge in [-0.1, -0.05) is 73.4 Å². The van der Waals surface area contributed by atoms with Gasteiger partial charge >= 0.3 is 0 Å². The lowest BCUT2D eigenvalue weighted by atomic mass is 9.79. The molecule has 2 aliphatic rings. The van der Waals surface area contributed by atoms with E-state index < -0.39 is 0 Å². The van der Waals surface area contributed by atoms with Crippen LogP contribution in [0.15, 0.2) is 71.4 Å². The Hall–Kier alpha value is -5.54. The number of ketones is 2. The van der Waals surface area contributed by atoms with Crippen LogP contribution in [-0.2, 0) is 41.8 Å². The van der Waals surface area contributed by atoms with Crippen LogP contribution >= 0.6 is 0 Å². The van der Waals surface area contributed by atoms with E-state index >= 15 is 0 Å². The summed E-state index contributed by atoms with van der Waals surface area (Å²) in [5.74, 6) is 0.219. The molecule has 0 radical (unpaired) electrons. The smallest absolute Gasteiger partial charge is 0.167 e. The van der Waals surface area contributed by atoms with Gasteiger partial charge in [-0.2, -0.15) is 0 Å². The van der Waals surface area contributed by atoms with Gasteiger partial charge in [0.2, 0.25) is 0 Å². The van der Waals surface area contributed by atoms with E-state index in [4.69, 9.17) is 5.53 Å². The van der Waals surface area contributed by atoms with E-state index in [-0.39, 0.29) is 40.7 Å². The quantitative estimate of drug-likeness (QED) is 0.0783. The lowest BCUT2D eigenvalue weighted by Crippen LogP contribution is -2.21. The van der Waals surface area contributed by atoms with Gasteiger partial charge in [-0.25, -0.2) is 4.39 Å². The molecule has 0 fully saturated rings. The number of carbonyl (C=O) groups excluding carboxylic acids is 2. The first kappa shape index (κ1) is 42.6. The summed E-state index contributed by atoms with van der Waals surface area (Å²) in [4.78, 5) is 28.7. The molecule has 6 rings (SSSR count). The van der Waals surface area contributed by atoms with Gasteiger partial charge in [-0.05, 0) is 127 Å². The normalized spacial score (nSPS) is 17.0. The minimum absolute atomic E-state index is 0.00191. The molecule has 0 bridgehead atoms. The van der Waals surface area contributed by atoms with Crippen molar-refractivity contribution in [1.82, 2.24) is 15.0 Å². The first-order valence-electron chi connectivity index (χ1n) is 20.2. The molecule has 2 atom stereocenters. The Balaban J connectivity index is 0.000000230. The number of aromatic nitrogens is 3. The Labute approximate surface area is 335 Å². The maximum Gasteiger partial charge on any atom is 0.167 e. The van der Waals surface area contributed by atoms with Gasteiger partial charge in [0, 0.05) is 49.2 Å². The highest BCUT2D eigenvalue weighted by molar-refractivity contribution is 6.23. The van der Waals surface area contributed by atoms with Crippen molar-refractivity contribution in [3.63, 3.8) is 0 Å². The molecule has 1 heterocycles. The van der Waals surface area contributed by atoms with Crippen molar-refractivity contribution in [1.29, 1.82) is 0 Å². The lowest BCUT2D eigenvalue weighted by molar-refractivity contribution is -0.116. The lowest BCUT2D eigenvalue weighted by Gasteiger charge is -2.26. The van der Waals surface area contributed by atoms with Crippen LogP contribution in [0.5, 0.6) is 0 Å². The molecule has 0 spiro atoms. The average molecular weight is 775 g/mol. The molecule has 0 amide bonds. The van der Waals surface area contributed by atoms with Crippen LogP contribution in [0.2, 0.25) is 0 Å². The number of carbonyl (C=O) groups is 2. The Bertz CT molecular complexity index is 2160. The van der Waals surface area contributed by atoms with Gasteiger partial charge < -0.3 is 10.2 Å². The largest absolute Gasteiger partial charge is 0.512 e. The zero-order valence-electron chi connectivity index (χ0n) is 34.1. The van der Waals surface area contributed by atoms with Crippen LogP contribution in [0.4, 0.5) is 4.39 Å². The number of Topliss-reactive ketones (excluding diaryl/α,β-unsaturated/α-hetero) is 2. The topological polar surface area (TPSA) is 154 Å². The van der Waals surface area contributed by atoms with Crippen molar-refractivity contribution in [3.8, 4) is 11.3 Å². The van der Waals surface area contributed by atoms with Crippen LogP contribution in [-0.4, -0.2) is 43.3 Å². The first-order chi connectivity index (χ1) is 27.4. The molecular formula is C46H55FN6O4. The van der Waals surface area contributed by atoms with Crippen molar-refractivity contribution < 1.29 is 24.2 Å². The third kappa shape index (κ3) is 10.3. The van der Waals surface area contributed by atoms with E-state index in [0.29, 0.717) is 68.5 Å². The number of azide groups is 1. The van der Waals surface area contributed by atoms with Crippen LogP contribution in [0.1, 0.15) is 111 Å². The third-order valence-corrected chi connectivity index (χ3v) is 11.1. The fraction of sp³-hybridized carbons (Fsp3) is 0.435. The van der Waals surface area contributed by atoms with Crippen molar-refractivity contribution in [2.45, 2.75) is 112 Å². The standard InChI is InChI=1S/C27H30FN3O2.C19H25N3O2/c1-4-19-12-17(3)13-20(5-2)26(19)27-24(32)14-18(15-25(27)33)10-11-31-16-23(29-30-31)21-6-8-22(28)9-7-21;1-4-14-8-12(3)9-15(5-2)18(14)19-16(23)10-13(11-17(19)24)6-7-21-22-20/h6-9,12-13,16,18,32H,4-5,10-11,14-15H2,1-3H3;8-9,13,23H,4-7,10-11H2,1-3H3. The summed E-state index contributed by atoms with van der Waals surface area (Å²) < 4.78 is 14.9. The molecule has 1 aromatic heterocycles. The molecule has 2 unspecified atom stereocenters. The molecule has 3 aromatic carbocycles. The monoisotopic (exact) mass is 774 g/mol. The molecule has 0 aliphatic heterocycles. The second-order valence-corrected chi connectivity index (χ2v) is 15.3. The number of hydrogen-bond acceptors (Lipinski definition) is 7. The van der Waals surface area contributed by atoms with E-state index in [1.165, 1.54) is 23.3 Å². The molecule has 2 N–H and O–H groups in total. The SMILES string of the molecule is CCc1cc(C)cc(CC)c1C1=C(O)CC(CCN=[N+]=[N-])CC1=O.CCc1cc(C)cc(CC)c1C1=C(O)CC(CCn2cc(-c3ccc(F)cc3)nn2)CC1=O. The fourth-order valence-corrected chi connectivity index (χ4v) is 8.32. The molecule has 2 aliphatic carbocycles. The predicted molar refractivity (Wildman–Crippen MR) is 223 cm³/mol. The summed E-state index contributed by atoms with van der Waals surface area (Å²) in [5, 5.41) is 33.4. The van der Waals surface area contributed by atoms with Crippen LogP contribution in [0.25, 0.3) is 32.8 Å². The Morgan fingerprint density at radius 2 is 1.21 bits per heavy atom. The Morgan fingerprint density at radius 3 is 1.63 bits per heavy atom. The van der Waals surface area contributed by atoms with Gasteiger partial charge in [-0.3, -0.25) is 14.3 Å². The summed E-state index contributed by atoms with van der Waals surface area (Å²) >= 11 is 0. The molecule has 0 saturated carbocycles. The summed E-state index contributed by atoms with van der Waals surface area (Å²) in [5.41, 5.74) is 19.6. The van der Waals surface area contributed by atoms with Gasteiger partial charge in [0.05, 0.1) is 17.3 Å². The zero-order chi connectivity index (χ0) is 41.2. The second-order valence-electron chi connectivity index (χ2n) is 15.3. The molecule has 57 heavy (non-hydrogen) atoms.